The summed E-state index contributed by atoms with van der Waals surface area (Å²) in [4.78, 5) is 5.86. The van der Waals surface area contributed by atoms with Crippen molar-refractivity contribution in [2.24, 2.45) is 0 Å². The first-order valence-corrected chi connectivity index (χ1v) is 5.63. The second-order valence-electron chi connectivity index (χ2n) is 3.29. The number of pyridine rings is 1. The number of hydrogen-bond acceptors (Lipinski definition) is 3. The van der Waals surface area contributed by atoms with Gasteiger partial charge in [-0.15, -0.1) is 0 Å². The van der Waals surface area contributed by atoms with E-state index in [1.54, 1.807) is 24.5 Å². The fourth-order valence-corrected chi connectivity index (χ4v) is 2.23. The van der Waals surface area contributed by atoms with Gasteiger partial charge in [-0.2, -0.15) is 0 Å². The molecule has 4 heteroatoms. The molecule has 0 atom stereocenters. The molecular formula is C12H11FN2S. The molecule has 2 aromatic rings. The van der Waals surface area contributed by atoms with Crippen molar-refractivity contribution in [3.63, 3.8) is 0 Å². The van der Waals surface area contributed by atoms with Gasteiger partial charge in [0.15, 0.2) is 0 Å². The van der Waals surface area contributed by atoms with E-state index in [2.05, 4.69) is 4.98 Å². The highest BCUT2D eigenvalue weighted by Gasteiger charge is 2.04. The molecule has 2 N–H and O–H groups in total. The Balaban J connectivity index is 2.28. The van der Waals surface area contributed by atoms with E-state index in [4.69, 9.17) is 5.73 Å². The van der Waals surface area contributed by atoms with E-state index in [9.17, 15) is 4.39 Å². The Labute approximate surface area is 97.7 Å². The average Bonchev–Trinajstić information content (AvgIpc) is 2.33. The lowest BCUT2D eigenvalue weighted by Gasteiger charge is -2.06. The first-order valence-electron chi connectivity index (χ1n) is 4.82. The fraction of sp³-hybridized carbons (Fsp3) is 0.0833. The van der Waals surface area contributed by atoms with E-state index in [0.717, 1.165) is 9.79 Å². The molecule has 0 radical (unpaired) electrons. The number of benzene rings is 1. The third-order valence-electron chi connectivity index (χ3n) is 2.11. The van der Waals surface area contributed by atoms with Gasteiger partial charge in [0.05, 0.1) is 0 Å². The summed E-state index contributed by atoms with van der Waals surface area (Å²) in [5.41, 5.74) is 6.83. The average molecular weight is 234 g/mol. The summed E-state index contributed by atoms with van der Waals surface area (Å²) >= 11 is 1.51. The maximum atomic E-state index is 12.8. The quantitative estimate of drug-likeness (QED) is 0.828. The Morgan fingerprint density at radius 2 is 1.94 bits per heavy atom. The summed E-state index contributed by atoms with van der Waals surface area (Å²) in [6.45, 7) is -0.502. The zero-order chi connectivity index (χ0) is 11.4. The van der Waals surface area contributed by atoms with Crippen molar-refractivity contribution < 1.29 is 4.39 Å². The van der Waals surface area contributed by atoms with Crippen molar-refractivity contribution in [1.29, 1.82) is 0 Å². The maximum absolute atomic E-state index is 12.8. The van der Waals surface area contributed by atoms with Crippen LogP contribution >= 0.6 is 11.8 Å². The highest BCUT2D eigenvalue weighted by molar-refractivity contribution is 7.99. The van der Waals surface area contributed by atoms with Gasteiger partial charge in [0.1, 0.15) is 6.67 Å². The summed E-state index contributed by atoms with van der Waals surface area (Å²) in [7, 11) is 0. The molecule has 0 unspecified atom stereocenters. The molecule has 0 bridgehead atoms. The van der Waals surface area contributed by atoms with Crippen molar-refractivity contribution >= 4 is 17.4 Å². The van der Waals surface area contributed by atoms with Crippen LogP contribution in [0.5, 0.6) is 0 Å². The van der Waals surface area contributed by atoms with E-state index >= 15 is 0 Å². The molecular weight excluding hydrogens is 223 g/mol. The molecule has 2 rings (SSSR count). The standard InChI is InChI=1S/C12H11FN2S/c13-8-9-7-10(14)1-2-12(9)16-11-3-5-15-6-4-11/h1-7H,8,14H2. The first-order chi connectivity index (χ1) is 7.79. The second-order valence-corrected chi connectivity index (χ2v) is 4.40. The van der Waals surface area contributed by atoms with Crippen LogP contribution in [0.15, 0.2) is 52.5 Å². The van der Waals surface area contributed by atoms with Gasteiger partial charge >= 0.3 is 0 Å². The Morgan fingerprint density at radius 3 is 2.62 bits per heavy atom. The minimum atomic E-state index is -0.502. The molecule has 82 valence electrons. The minimum Gasteiger partial charge on any atom is -0.399 e. The van der Waals surface area contributed by atoms with Gasteiger partial charge in [-0.05, 0) is 35.9 Å². The smallest absolute Gasteiger partial charge is 0.116 e. The molecule has 0 saturated heterocycles. The monoisotopic (exact) mass is 234 g/mol. The van der Waals surface area contributed by atoms with Gasteiger partial charge in [0.25, 0.3) is 0 Å². The lowest BCUT2D eigenvalue weighted by Crippen LogP contribution is -1.89. The van der Waals surface area contributed by atoms with Gasteiger partial charge in [-0.3, -0.25) is 4.98 Å². The van der Waals surface area contributed by atoms with Crippen LogP contribution in [-0.2, 0) is 6.67 Å². The summed E-state index contributed by atoms with van der Waals surface area (Å²) < 4.78 is 12.8. The van der Waals surface area contributed by atoms with Crippen LogP contribution in [0.3, 0.4) is 0 Å². The molecule has 1 aromatic carbocycles. The molecule has 0 spiro atoms. The Hall–Kier alpha value is -1.55. The number of hydrogen-bond donors (Lipinski definition) is 1. The highest BCUT2D eigenvalue weighted by atomic mass is 32.2. The van der Waals surface area contributed by atoms with Crippen LogP contribution in [-0.4, -0.2) is 4.98 Å². The Kier molecular flexibility index (Phi) is 3.41. The molecule has 0 aliphatic carbocycles. The van der Waals surface area contributed by atoms with E-state index in [1.807, 2.05) is 18.2 Å². The molecule has 2 nitrogen and oxygen atoms in total. The van der Waals surface area contributed by atoms with Gasteiger partial charge in [-0.1, -0.05) is 11.8 Å². The van der Waals surface area contributed by atoms with E-state index in [0.29, 0.717) is 11.3 Å². The molecule has 0 amide bonds. The first kappa shape index (κ1) is 11.0. The summed E-state index contributed by atoms with van der Waals surface area (Å²) in [6, 6.07) is 9.08. The number of nitrogens with two attached hydrogens (primary N) is 1. The lowest BCUT2D eigenvalue weighted by atomic mass is 10.2. The van der Waals surface area contributed by atoms with Gasteiger partial charge in [0.2, 0.25) is 0 Å². The van der Waals surface area contributed by atoms with Crippen LogP contribution in [0, 0.1) is 0 Å². The number of aromatic nitrogens is 1. The molecule has 1 aromatic heterocycles. The summed E-state index contributed by atoms with van der Waals surface area (Å²) in [6.07, 6.45) is 3.43. The van der Waals surface area contributed by atoms with Crippen molar-refractivity contribution in [3.05, 3.63) is 48.3 Å². The van der Waals surface area contributed by atoms with Crippen LogP contribution in [0.25, 0.3) is 0 Å². The maximum Gasteiger partial charge on any atom is 0.116 e. The topological polar surface area (TPSA) is 38.9 Å². The minimum absolute atomic E-state index is 0.502. The second kappa shape index (κ2) is 4.99. The Morgan fingerprint density at radius 1 is 1.19 bits per heavy atom. The number of rotatable bonds is 3. The van der Waals surface area contributed by atoms with Crippen molar-refractivity contribution in [2.75, 3.05) is 5.73 Å². The molecule has 0 saturated carbocycles. The number of anilines is 1. The van der Waals surface area contributed by atoms with Crippen LogP contribution < -0.4 is 5.73 Å². The predicted octanol–water partition coefficient (Wildman–Crippen LogP) is 3.28. The third kappa shape index (κ3) is 2.52. The van der Waals surface area contributed by atoms with Crippen LogP contribution in [0.1, 0.15) is 5.56 Å². The van der Waals surface area contributed by atoms with Crippen LogP contribution in [0.2, 0.25) is 0 Å². The molecule has 0 fully saturated rings. The largest absolute Gasteiger partial charge is 0.399 e. The molecule has 16 heavy (non-hydrogen) atoms. The predicted molar refractivity (Wildman–Crippen MR) is 64.0 cm³/mol. The number of alkyl halides is 1. The SMILES string of the molecule is Nc1ccc(Sc2ccncc2)c(CF)c1. The zero-order valence-electron chi connectivity index (χ0n) is 8.56. The van der Waals surface area contributed by atoms with Crippen LogP contribution in [0.4, 0.5) is 10.1 Å². The zero-order valence-corrected chi connectivity index (χ0v) is 9.38. The molecule has 0 aliphatic heterocycles. The van der Waals surface area contributed by atoms with Crippen molar-refractivity contribution in [1.82, 2.24) is 4.98 Å². The fourth-order valence-electron chi connectivity index (χ4n) is 1.34. The third-order valence-corrected chi connectivity index (χ3v) is 3.23. The van der Waals surface area contributed by atoms with Crippen molar-refractivity contribution in [3.8, 4) is 0 Å². The summed E-state index contributed by atoms with van der Waals surface area (Å²) in [5.74, 6) is 0. The Bertz CT molecular complexity index is 474. The van der Waals surface area contributed by atoms with E-state index in [1.165, 1.54) is 11.8 Å². The molecule has 0 aliphatic rings. The van der Waals surface area contributed by atoms with Crippen molar-refractivity contribution in [2.45, 2.75) is 16.5 Å². The number of nitrogens with zero attached hydrogens (tertiary/aromatic N) is 1. The van der Waals surface area contributed by atoms with Gasteiger partial charge in [0, 0.05) is 27.9 Å². The van der Waals surface area contributed by atoms with E-state index in [-0.39, 0.29) is 0 Å². The number of nitrogen functional groups attached to an aromatic ring is 1. The van der Waals surface area contributed by atoms with Gasteiger partial charge < -0.3 is 5.73 Å². The summed E-state index contributed by atoms with van der Waals surface area (Å²) in [5, 5.41) is 0. The van der Waals surface area contributed by atoms with E-state index < -0.39 is 6.67 Å². The number of halogens is 1. The highest BCUT2D eigenvalue weighted by Crippen LogP contribution is 2.31. The lowest BCUT2D eigenvalue weighted by molar-refractivity contribution is 0.480. The van der Waals surface area contributed by atoms with Gasteiger partial charge in [-0.25, -0.2) is 4.39 Å². The molecule has 1 heterocycles. The normalized spacial score (nSPS) is 10.3.